The number of H-pyrrole nitrogens is 1. The Morgan fingerprint density at radius 1 is 1.80 bits per heavy atom. The van der Waals surface area contributed by atoms with Gasteiger partial charge < -0.3 is 10.7 Å². The highest BCUT2D eigenvalue weighted by Gasteiger charge is 2.47. The zero-order chi connectivity index (χ0) is 10.9. The summed E-state index contributed by atoms with van der Waals surface area (Å²) in [4.78, 5) is 18.7. The lowest BCUT2D eigenvalue weighted by atomic mass is 9.62. The number of carbonyl (C=O) groups excluding carboxylic acids is 1. The summed E-state index contributed by atoms with van der Waals surface area (Å²) < 4.78 is 0. The van der Waals surface area contributed by atoms with E-state index in [-0.39, 0.29) is 11.3 Å². The van der Waals surface area contributed by atoms with E-state index in [4.69, 9.17) is 5.73 Å². The van der Waals surface area contributed by atoms with Gasteiger partial charge in [0, 0.05) is 18.9 Å². The molecule has 0 spiro atoms. The summed E-state index contributed by atoms with van der Waals surface area (Å²) in [6.07, 6.45) is 5.02. The molecule has 1 amide bonds. The van der Waals surface area contributed by atoms with E-state index in [0.717, 1.165) is 12.8 Å². The SMILES string of the molecule is CC1CC(CN)(C(=O)Nc2ncc[nH]2)C1. The molecule has 2 rings (SSSR count). The van der Waals surface area contributed by atoms with Crippen molar-refractivity contribution in [3.05, 3.63) is 12.4 Å². The molecule has 1 fully saturated rings. The van der Waals surface area contributed by atoms with Gasteiger partial charge in [-0.1, -0.05) is 6.92 Å². The quantitative estimate of drug-likeness (QED) is 0.684. The highest BCUT2D eigenvalue weighted by molar-refractivity contribution is 5.94. The summed E-state index contributed by atoms with van der Waals surface area (Å²) in [5, 5.41) is 2.75. The van der Waals surface area contributed by atoms with Gasteiger partial charge in [0.25, 0.3) is 0 Å². The first-order valence-corrected chi connectivity index (χ1v) is 5.17. The summed E-state index contributed by atoms with van der Waals surface area (Å²) in [7, 11) is 0. The molecule has 4 N–H and O–H groups in total. The molecule has 1 aromatic rings. The topological polar surface area (TPSA) is 83.8 Å². The highest BCUT2D eigenvalue weighted by atomic mass is 16.2. The van der Waals surface area contributed by atoms with Crippen LogP contribution in [0, 0.1) is 11.3 Å². The van der Waals surface area contributed by atoms with Crippen molar-refractivity contribution in [2.75, 3.05) is 11.9 Å². The molecule has 5 heteroatoms. The Morgan fingerprint density at radius 3 is 3.00 bits per heavy atom. The van der Waals surface area contributed by atoms with Crippen molar-refractivity contribution >= 4 is 11.9 Å². The first-order valence-electron chi connectivity index (χ1n) is 5.17. The average molecular weight is 208 g/mol. The van der Waals surface area contributed by atoms with Gasteiger partial charge in [-0.15, -0.1) is 0 Å². The van der Waals surface area contributed by atoms with Crippen LogP contribution in [0.3, 0.4) is 0 Å². The second-order valence-electron chi connectivity index (χ2n) is 4.39. The van der Waals surface area contributed by atoms with Gasteiger partial charge in [0.2, 0.25) is 11.9 Å². The lowest BCUT2D eigenvalue weighted by Crippen LogP contribution is -2.51. The van der Waals surface area contributed by atoms with Gasteiger partial charge in [0.1, 0.15) is 0 Å². The number of carbonyl (C=O) groups is 1. The maximum Gasteiger partial charge on any atom is 0.234 e. The Labute approximate surface area is 88.5 Å². The molecule has 5 nitrogen and oxygen atoms in total. The smallest absolute Gasteiger partial charge is 0.234 e. The van der Waals surface area contributed by atoms with Gasteiger partial charge in [-0.05, 0) is 18.8 Å². The van der Waals surface area contributed by atoms with Crippen LogP contribution < -0.4 is 11.1 Å². The van der Waals surface area contributed by atoms with Crippen LogP contribution in [0.25, 0.3) is 0 Å². The summed E-state index contributed by atoms with van der Waals surface area (Å²) in [6, 6.07) is 0. The second-order valence-corrected chi connectivity index (χ2v) is 4.39. The molecule has 0 unspecified atom stereocenters. The molecule has 1 aliphatic rings. The fraction of sp³-hybridized carbons (Fsp3) is 0.600. The Balaban J connectivity index is 2.01. The molecule has 1 aromatic heterocycles. The van der Waals surface area contributed by atoms with E-state index in [2.05, 4.69) is 22.2 Å². The molecule has 1 saturated carbocycles. The van der Waals surface area contributed by atoms with Crippen LogP contribution >= 0.6 is 0 Å². The molecule has 0 saturated heterocycles. The van der Waals surface area contributed by atoms with Gasteiger partial charge >= 0.3 is 0 Å². The minimum Gasteiger partial charge on any atom is -0.331 e. The molecule has 0 aromatic carbocycles. The predicted molar refractivity (Wildman–Crippen MR) is 57.1 cm³/mol. The number of anilines is 1. The molecule has 15 heavy (non-hydrogen) atoms. The minimum atomic E-state index is -0.369. The molecule has 0 aliphatic heterocycles. The predicted octanol–water partition coefficient (Wildman–Crippen LogP) is 0.723. The van der Waals surface area contributed by atoms with Crippen LogP contribution in [0.15, 0.2) is 12.4 Å². The number of amides is 1. The third-order valence-electron chi connectivity index (χ3n) is 3.08. The van der Waals surface area contributed by atoms with Gasteiger partial charge in [0.05, 0.1) is 5.41 Å². The van der Waals surface area contributed by atoms with E-state index in [1.165, 1.54) is 0 Å². The molecule has 0 atom stereocenters. The van der Waals surface area contributed by atoms with Gasteiger partial charge in [-0.3, -0.25) is 10.1 Å². The van der Waals surface area contributed by atoms with Gasteiger partial charge in [-0.2, -0.15) is 0 Å². The van der Waals surface area contributed by atoms with Crippen LogP contribution in [-0.4, -0.2) is 22.4 Å². The van der Waals surface area contributed by atoms with Crippen molar-refractivity contribution < 1.29 is 4.79 Å². The van der Waals surface area contributed by atoms with Crippen LogP contribution in [-0.2, 0) is 4.79 Å². The summed E-state index contributed by atoms with van der Waals surface area (Å²) >= 11 is 0. The normalized spacial score (nSPS) is 29.6. The Kier molecular flexibility index (Phi) is 2.48. The standard InChI is InChI=1S/C10H16N4O/c1-7-4-10(5-7,6-11)8(15)14-9-12-2-3-13-9/h2-3,7H,4-6,11H2,1H3,(H2,12,13,14,15). The number of rotatable bonds is 3. The van der Waals surface area contributed by atoms with Crippen LogP contribution in [0.5, 0.6) is 0 Å². The van der Waals surface area contributed by atoms with Crippen LogP contribution in [0.2, 0.25) is 0 Å². The van der Waals surface area contributed by atoms with E-state index in [0.29, 0.717) is 18.4 Å². The molecule has 0 radical (unpaired) electrons. The fourth-order valence-electron chi connectivity index (χ4n) is 2.29. The Morgan fingerprint density at radius 2 is 2.53 bits per heavy atom. The van der Waals surface area contributed by atoms with E-state index in [9.17, 15) is 4.79 Å². The van der Waals surface area contributed by atoms with E-state index < -0.39 is 0 Å². The molecule has 1 heterocycles. The van der Waals surface area contributed by atoms with Crippen LogP contribution in [0.4, 0.5) is 5.95 Å². The zero-order valence-electron chi connectivity index (χ0n) is 8.79. The summed E-state index contributed by atoms with van der Waals surface area (Å²) in [5.74, 6) is 1.07. The summed E-state index contributed by atoms with van der Waals surface area (Å²) in [5.41, 5.74) is 5.30. The highest BCUT2D eigenvalue weighted by Crippen LogP contribution is 2.45. The second kappa shape index (κ2) is 3.66. The lowest BCUT2D eigenvalue weighted by Gasteiger charge is -2.43. The number of imidazole rings is 1. The fourth-order valence-corrected chi connectivity index (χ4v) is 2.29. The average Bonchev–Trinajstić information content (AvgIpc) is 2.64. The summed E-state index contributed by atoms with van der Waals surface area (Å²) in [6.45, 7) is 2.54. The number of nitrogens with zero attached hydrogens (tertiary/aromatic N) is 1. The first-order chi connectivity index (χ1) is 7.16. The molecule has 1 aliphatic carbocycles. The molecular formula is C10H16N4O. The van der Waals surface area contributed by atoms with Crippen molar-refractivity contribution in [2.24, 2.45) is 17.1 Å². The van der Waals surface area contributed by atoms with Crippen LogP contribution in [0.1, 0.15) is 19.8 Å². The molecule has 82 valence electrons. The van der Waals surface area contributed by atoms with Crippen molar-refractivity contribution in [1.82, 2.24) is 9.97 Å². The van der Waals surface area contributed by atoms with Crippen molar-refractivity contribution in [2.45, 2.75) is 19.8 Å². The van der Waals surface area contributed by atoms with E-state index in [1.807, 2.05) is 0 Å². The lowest BCUT2D eigenvalue weighted by molar-refractivity contribution is -0.132. The third-order valence-corrected chi connectivity index (χ3v) is 3.08. The largest absolute Gasteiger partial charge is 0.331 e. The van der Waals surface area contributed by atoms with Crippen molar-refractivity contribution in [3.8, 4) is 0 Å². The van der Waals surface area contributed by atoms with E-state index >= 15 is 0 Å². The Hall–Kier alpha value is -1.36. The van der Waals surface area contributed by atoms with E-state index in [1.54, 1.807) is 12.4 Å². The molecule has 0 bridgehead atoms. The minimum absolute atomic E-state index is 0.0157. The van der Waals surface area contributed by atoms with Gasteiger partial charge in [-0.25, -0.2) is 4.98 Å². The number of hydrogen-bond donors (Lipinski definition) is 3. The zero-order valence-corrected chi connectivity index (χ0v) is 8.79. The number of aromatic amines is 1. The number of nitrogens with two attached hydrogens (primary N) is 1. The number of hydrogen-bond acceptors (Lipinski definition) is 3. The van der Waals surface area contributed by atoms with Crippen molar-refractivity contribution in [3.63, 3.8) is 0 Å². The maximum atomic E-state index is 11.9. The molecular weight excluding hydrogens is 192 g/mol. The van der Waals surface area contributed by atoms with Crippen molar-refractivity contribution in [1.29, 1.82) is 0 Å². The van der Waals surface area contributed by atoms with Gasteiger partial charge in [0.15, 0.2) is 0 Å². The number of aromatic nitrogens is 2. The Bertz CT molecular complexity index is 340. The first kappa shape index (κ1) is 10.2. The maximum absolute atomic E-state index is 11.9. The number of nitrogens with one attached hydrogen (secondary N) is 2. The third kappa shape index (κ3) is 1.74. The monoisotopic (exact) mass is 208 g/mol.